The number of hydrogen-bond donors (Lipinski definition) is 1. The molecular weight excluding hydrogens is 374 g/mol. The van der Waals surface area contributed by atoms with Crippen LogP contribution in [0, 0.1) is 0 Å². The Morgan fingerprint density at radius 2 is 1.86 bits per heavy atom. The Labute approximate surface area is 172 Å². The molecule has 1 saturated carbocycles. The van der Waals surface area contributed by atoms with E-state index in [9.17, 15) is 9.90 Å². The average Bonchev–Trinajstić information content (AvgIpc) is 2.95. The normalized spacial score (nSPS) is 28.5. The van der Waals surface area contributed by atoms with Crippen LogP contribution in [0.4, 0.5) is 4.79 Å². The first-order chi connectivity index (χ1) is 13.5. The van der Waals surface area contributed by atoms with Crippen molar-refractivity contribution in [3.8, 4) is 5.75 Å². The van der Waals surface area contributed by atoms with Gasteiger partial charge in [0.05, 0.1) is 19.3 Å². The number of amides is 1. The van der Waals surface area contributed by atoms with Crippen molar-refractivity contribution in [1.29, 1.82) is 0 Å². The first-order valence-electron chi connectivity index (χ1n) is 10.2. The number of methoxy groups -OCH3 is 1. The maximum absolute atomic E-state index is 13.0. The molecule has 1 heterocycles. The SMILES string of the molecule is COc1ccc(CN(C(=O)OC(C)(C)C)[C@H]2CC[C@@H]3OC(C)(C)O[C@@H]3[C@H]2O)cc1. The lowest BCUT2D eigenvalue weighted by Gasteiger charge is -2.41. The van der Waals surface area contributed by atoms with Crippen LogP contribution in [0.1, 0.15) is 53.0 Å². The zero-order valence-corrected chi connectivity index (χ0v) is 18.2. The molecule has 1 aromatic rings. The van der Waals surface area contributed by atoms with Crippen LogP contribution in [0.2, 0.25) is 0 Å². The van der Waals surface area contributed by atoms with Crippen molar-refractivity contribution in [2.45, 2.75) is 89.7 Å². The highest BCUT2D eigenvalue weighted by molar-refractivity contribution is 5.68. The van der Waals surface area contributed by atoms with Gasteiger partial charge in [-0.2, -0.15) is 0 Å². The zero-order valence-electron chi connectivity index (χ0n) is 18.2. The van der Waals surface area contributed by atoms with E-state index >= 15 is 0 Å². The summed E-state index contributed by atoms with van der Waals surface area (Å²) >= 11 is 0. The van der Waals surface area contributed by atoms with Crippen LogP contribution in [-0.2, 0) is 20.8 Å². The summed E-state index contributed by atoms with van der Waals surface area (Å²) in [6.07, 6.45) is -0.632. The zero-order chi connectivity index (χ0) is 21.4. The predicted molar refractivity (Wildman–Crippen MR) is 108 cm³/mol. The van der Waals surface area contributed by atoms with Crippen LogP contribution in [0.15, 0.2) is 24.3 Å². The van der Waals surface area contributed by atoms with Crippen molar-refractivity contribution >= 4 is 6.09 Å². The van der Waals surface area contributed by atoms with Crippen LogP contribution in [0.3, 0.4) is 0 Å². The van der Waals surface area contributed by atoms with Crippen LogP contribution < -0.4 is 4.74 Å². The first kappa shape index (κ1) is 21.9. The minimum atomic E-state index is -0.860. The number of nitrogens with zero attached hydrogens (tertiary/aromatic N) is 1. The molecule has 0 spiro atoms. The number of benzene rings is 1. The van der Waals surface area contributed by atoms with Crippen LogP contribution >= 0.6 is 0 Å². The van der Waals surface area contributed by atoms with E-state index in [0.717, 1.165) is 11.3 Å². The van der Waals surface area contributed by atoms with Crippen molar-refractivity contribution < 1.29 is 28.8 Å². The summed E-state index contributed by atoms with van der Waals surface area (Å²) in [5, 5.41) is 11.1. The van der Waals surface area contributed by atoms with E-state index in [0.29, 0.717) is 19.4 Å². The molecule has 1 aliphatic carbocycles. The lowest BCUT2D eigenvalue weighted by atomic mass is 9.86. The van der Waals surface area contributed by atoms with E-state index in [2.05, 4.69) is 0 Å². The highest BCUT2D eigenvalue weighted by Gasteiger charge is 2.51. The molecule has 0 unspecified atom stereocenters. The number of rotatable bonds is 4. The Balaban J connectivity index is 1.83. The van der Waals surface area contributed by atoms with E-state index in [1.807, 2.05) is 58.9 Å². The third-order valence-corrected chi connectivity index (χ3v) is 5.24. The number of aliphatic hydroxyl groups excluding tert-OH is 1. The molecule has 29 heavy (non-hydrogen) atoms. The fourth-order valence-electron chi connectivity index (χ4n) is 4.01. The molecular formula is C22H33NO6. The molecule has 0 bridgehead atoms. The van der Waals surface area contributed by atoms with Gasteiger partial charge in [-0.25, -0.2) is 4.79 Å². The lowest BCUT2D eigenvalue weighted by Crippen LogP contribution is -2.57. The summed E-state index contributed by atoms with van der Waals surface area (Å²) in [5.41, 5.74) is 0.293. The van der Waals surface area contributed by atoms with Crippen molar-refractivity contribution in [2.24, 2.45) is 0 Å². The number of carbonyl (C=O) groups excluding carboxylic acids is 1. The number of hydrogen-bond acceptors (Lipinski definition) is 6. The highest BCUT2D eigenvalue weighted by Crippen LogP contribution is 2.39. The average molecular weight is 408 g/mol. The Bertz CT molecular complexity index is 711. The highest BCUT2D eigenvalue weighted by atomic mass is 16.8. The minimum Gasteiger partial charge on any atom is -0.497 e. The Morgan fingerprint density at radius 1 is 1.21 bits per heavy atom. The molecule has 7 nitrogen and oxygen atoms in total. The number of ether oxygens (including phenoxy) is 4. The second-order valence-corrected chi connectivity index (χ2v) is 9.23. The van der Waals surface area contributed by atoms with Gasteiger partial charge in [0.25, 0.3) is 0 Å². The van der Waals surface area contributed by atoms with Crippen LogP contribution in [0.25, 0.3) is 0 Å². The molecule has 3 rings (SSSR count). The predicted octanol–water partition coefficient (Wildman–Crippen LogP) is 3.48. The number of carbonyl (C=O) groups is 1. The fraction of sp³-hybridized carbons (Fsp3) is 0.682. The molecule has 1 aliphatic heterocycles. The van der Waals surface area contributed by atoms with Gasteiger partial charge in [-0.3, -0.25) is 4.90 Å². The van der Waals surface area contributed by atoms with Crippen LogP contribution in [-0.4, -0.2) is 59.0 Å². The van der Waals surface area contributed by atoms with Gasteiger partial charge in [0.1, 0.15) is 23.6 Å². The molecule has 162 valence electrons. The van der Waals surface area contributed by atoms with Gasteiger partial charge >= 0.3 is 6.09 Å². The van der Waals surface area contributed by atoms with Crippen molar-refractivity contribution in [2.75, 3.05) is 7.11 Å². The molecule has 1 N–H and O–H groups in total. The maximum Gasteiger partial charge on any atom is 0.410 e. The Hall–Kier alpha value is -1.83. The van der Waals surface area contributed by atoms with E-state index < -0.39 is 35.7 Å². The molecule has 0 aromatic heterocycles. The molecule has 1 saturated heterocycles. The van der Waals surface area contributed by atoms with Gasteiger partial charge in [-0.05, 0) is 65.2 Å². The summed E-state index contributed by atoms with van der Waals surface area (Å²) in [4.78, 5) is 14.7. The van der Waals surface area contributed by atoms with E-state index in [4.69, 9.17) is 18.9 Å². The van der Waals surface area contributed by atoms with Gasteiger partial charge in [0.2, 0.25) is 0 Å². The van der Waals surface area contributed by atoms with Gasteiger partial charge in [0.15, 0.2) is 5.79 Å². The quantitative estimate of drug-likeness (QED) is 0.823. The Kier molecular flexibility index (Phi) is 6.13. The smallest absolute Gasteiger partial charge is 0.410 e. The molecule has 1 amide bonds. The topological polar surface area (TPSA) is 77.5 Å². The molecule has 7 heteroatoms. The van der Waals surface area contributed by atoms with Crippen LogP contribution in [0.5, 0.6) is 5.75 Å². The third kappa shape index (κ3) is 5.21. The summed E-state index contributed by atoms with van der Waals surface area (Å²) in [6, 6.07) is 7.10. The van der Waals surface area contributed by atoms with E-state index in [1.165, 1.54) is 0 Å². The van der Waals surface area contributed by atoms with Crippen molar-refractivity contribution in [3.63, 3.8) is 0 Å². The Morgan fingerprint density at radius 3 is 2.45 bits per heavy atom. The molecule has 0 radical (unpaired) electrons. The van der Waals surface area contributed by atoms with Gasteiger partial charge < -0.3 is 24.1 Å². The monoisotopic (exact) mass is 407 g/mol. The second kappa shape index (κ2) is 8.13. The van der Waals surface area contributed by atoms with E-state index in [1.54, 1.807) is 12.0 Å². The van der Waals surface area contributed by atoms with Gasteiger partial charge in [-0.15, -0.1) is 0 Å². The molecule has 4 atom stereocenters. The standard InChI is InChI=1S/C22H33NO6/c1-21(2,3)29-20(25)23(13-14-7-9-15(26-6)10-8-14)16-11-12-17-19(18(16)24)28-22(4,5)27-17/h7-10,16-19,24H,11-13H2,1-6H3/t16-,17-,18-,19-/m0/s1. The van der Waals surface area contributed by atoms with Gasteiger partial charge in [0, 0.05) is 6.54 Å². The lowest BCUT2D eigenvalue weighted by molar-refractivity contribution is -0.156. The largest absolute Gasteiger partial charge is 0.497 e. The molecule has 2 fully saturated rings. The van der Waals surface area contributed by atoms with Crippen molar-refractivity contribution in [1.82, 2.24) is 4.90 Å². The number of fused-ring (bicyclic) bond motifs is 1. The first-order valence-corrected chi connectivity index (χ1v) is 10.2. The summed E-state index contributed by atoms with van der Waals surface area (Å²) in [7, 11) is 1.61. The molecule has 1 aromatic carbocycles. The molecule has 2 aliphatic rings. The summed E-state index contributed by atoms with van der Waals surface area (Å²) in [5.74, 6) is 0.00892. The van der Waals surface area contributed by atoms with Gasteiger partial charge in [-0.1, -0.05) is 12.1 Å². The maximum atomic E-state index is 13.0. The third-order valence-electron chi connectivity index (χ3n) is 5.24. The second-order valence-electron chi connectivity index (χ2n) is 9.23. The summed E-state index contributed by atoms with van der Waals surface area (Å²) < 4.78 is 22.7. The summed E-state index contributed by atoms with van der Waals surface area (Å²) in [6.45, 7) is 9.51. The van der Waals surface area contributed by atoms with Crippen molar-refractivity contribution in [3.05, 3.63) is 29.8 Å². The van der Waals surface area contributed by atoms with E-state index in [-0.39, 0.29) is 6.10 Å². The minimum absolute atomic E-state index is 0.169. The number of aliphatic hydroxyl groups is 1. The fourth-order valence-corrected chi connectivity index (χ4v) is 4.01.